The summed E-state index contributed by atoms with van der Waals surface area (Å²) >= 11 is 0. The summed E-state index contributed by atoms with van der Waals surface area (Å²) in [5.74, 6) is 1.05. The van der Waals surface area contributed by atoms with Crippen molar-refractivity contribution in [1.29, 1.82) is 0 Å². The maximum absolute atomic E-state index is 5.96. The van der Waals surface area contributed by atoms with Crippen molar-refractivity contribution in [2.24, 2.45) is 0 Å². The van der Waals surface area contributed by atoms with E-state index in [0.29, 0.717) is 0 Å². The summed E-state index contributed by atoms with van der Waals surface area (Å²) in [6.45, 7) is 9.25. The molecule has 2 heteroatoms. The van der Waals surface area contributed by atoms with E-state index in [2.05, 4.69) is 44.3 Å². The lowest BCUT2D eigenvalue weighted by Crippen LogP contribution is -2.13. The normalized spacial score (nSPS) is 10.8. The van der Waals surface area contributed by atoms with Crippen molar-refractivity contribution in [3.63, 3.8) is 0 Å². The lowest BCUT2D eigenvalue weighted by molar-refractivity contribution is 0.300. The summed E-state index contributed by atoms with van der Waals surface area (Å²) in [4.78, 5) is 0. The largest absolute Gasteiger partial charge is 0.493 e. The minimum atomic E-state index is 0.842. The molecule has 114 valence electrons. The van der Waals surface area contributed by atoms with E-state index in [1.165, 1.54) is 43.2 Å². The van der Waals surface area contributed by atoms with Crippen LogP contribution in [0.2, 0.25) is 0 Å². The minimum absolute atomic E-state index is 0.842. The average molecular weight is 277 g/mol. The van der Waals surface area contributed by atoms with Gasteiger partial charge in [-0.3, -0.25) is 0 Å². The Kier molecular flexibility index (Phi) is 9.14. The van der Waals surface area contributed by atoms with Gasteiger partial charge in [0.1, 0.15) is 5.75 Å². The average Bonchev–Trinajstić information content (AvgIpc) is 2.45. The van der Waals surface area contributed by atoms with Gasteiger partial charge in [-0.15, -0.1) is 0 Å². The van der Waals surface area contributed by atoms with Crippen molar-refractivity contribution in [2.75, 3.05) is 13.2 Å². The summed E-state index contributed by atoms with van der Waals surface area (Å²) in [6.07, 6.45) is 7.84. The zero-order valence-corrected chi connectivity index (χ0v) is 13.5. The molecule has 0 spiro atoms. The summed E-state index contributed by atoms with van der Waals surface area (Å²) in [5, 5.41) is 3.38. The second-order valence-electron chi connectivity index (χ2n) is 5.51. The van der Waals surface area contributed by atoms with Crippen LogP contribution in [-0.4, -0.2) is 13.2 Å². The quantitative estimate of drug-likeness (QED) is 0.584. The van der Waals surface area contributed by atoms with Crippen LogP contribution in [-0.2, 0) is 6.54 Å². The zero-order chi connectivity index (χ0) is 14.6. The molecular weight excluding hydrogens is 246 g/mol. The Morgan fingerprint density at radius 3 is 2.50 bits per heavy atom. The van der Waals surface area contributed by atoms with Crippen LogP contribution in [0.5, 0.6) is 5.75 Å². The first kappa shape index (κ1) is 17.0. The van der Waals surface area contributed by atoms with E-state index in [9.17, 15) is 0 Å². The first-order chi connectivity index (χ1) is 9.77. The van der Waals surface area contributed by atoms with Crippen LogP contribution in [0.1, 0.15) is 63.5 Å². The van der Waals surface area contributed by atoms with Crippen molar-refractivity contribution >= 4 is 0 Å². The number of nitrogens with one attached hydrogen (secondary N) is 1. The van der Waals surface area contributed by atoms with Crippen LogP contribution in [0, 0.1) is 6.92 Å². The zero-order valence-electron chi connectivity index (χ0n) is 13.5. The highest BCUT2D eigenvalue weighted by Gasteiger charge is 2.03. The number of aryl methyl sites for hydroxylation is 1. The van der Waals surface area contributed by atoms with Crippen LogP contribution in [0.25, 0.3) is 0 Å². The predicted octanol–water partition coefficient (Wildman–Crippen LogP) is 4.84. The van der Waals surface area contributed by atoms with Gasteiger partial charge in [-0.2, -0.15) is 0 Å². The smallest absolute Gasteiger partial charge is 0.123 e. The summed E-state index contributed by atoms with van der Waals surface area (Å²) in [6, 6.07) is 6.46. The third-order valence-corrected chi connectivity index (χ3v) is 3.54. The van der Waals surface area contributed by atoms with Crippen LogP contribution in [0.15, 0.2) is 18.2 Å². The SMILES string of the molecule is CCCCCCCCOc1ccc(C)cc1CNCC. The van der Waals surface area contributed by atoms with Gasteiger partial charge in [-0.1, -0.05) is 63.6 Å². The van der Waals surface area contributed by atoms with Gasteiger partial charge >= 0.3 is 0 Å². The topological polar surface area (TPSA) is 21.3 Å². The van der Waals surface area contributed by atoms with E-state index < -0.39 is 0 Å². The maximum Gasteiger partial charge on any atom is 0.123 e. The fourth-order valence-corrected chi connectivity index (χ4v) is 2.31. The minimum Gasteiger partial charge on any atom is -0.493 e. The van der Waals surface area contributed by atoms with Crippen LogP contribution >= 0.6 is 0 Å². The summed E-state index contributed by atoms with van der Waals surface area (Å²) in [7, 11) is 0. The van der Waals surface area contributed by atoms with Crippen molar-refractivity contribution in [2.45, 2.75) is 65.8 Å². The Morgan fingerprint density at radius 2 is 1.75 bits per heavy atom. The van der Waals surface area contributed by atoms with E-state index in [0.717, 1.165) is 31.9 Å². The first-order valence-electron chi connectivity index (χ1n) is 8.21. The first-order valence-corrected chi connectivity index (χ1v) is 8.21. The Hall–Kier alpha value is -1.02. The summed E-state index contributed by atoms with van der Waals surface area (Å²) in [5.41, 5.74) is 2.57. The highest BCUT2D eigenvalue weighted by Crippen LogP contribution is 2.20. The van der Waals surface area contributed by atoms with Crippen LogP contribution in [0.3, 0.4) is 0 Å². The molecule has 0 saturated heterocycles. The van der Waals surface area contributed by atoms with E-state index in [-0.39, 0.29) is 0 Å². The van der Waals surface area contributed by atoms with Gasteiger partial charge < -0.3 is 10.1 Å². The number of unbranched alkanes of at least 4 members (excludes halogenated alkanes) is 5. The second kappa shape index (κ2) is 10.7. The van der Waals surface area contributed by atoms with E-state index >= 15 is 0 Å². The summed E-state index contributed by atoms with van der Waals surface area (Å²) < 4.78 is 5.96. The van der Waals surface area contributed by atoms with Gasteiger partial charge in [0.25, 0.3) is 0 Å². The molecule has 0 heterocycles. The Labute approximate surface area is 124 Å². The molecule has 0 unspecified atom stereocenters. The molecule has 0 fully saturated rings. The monoisotopic (exact) mass is 277 g/mol. The molecule has 1 aromatic carbocycles. The molecule has 0 aliphatic rings. The molecule has 0 aromatic heterocycles. The molecule has 0 amide bonds. The molecule has 20 heavy (non-hydrogen) atoms. The highest BCUT2D eigenvalue weighted by atomic mass is 16.5. The van der Waals surface area contributed by atoms with Gasteiger partial charge in [0.05, 0.1) is 6.61 Å². The molecule has 0 atom stereocenters. The Bertz CT molecular complexity index is 362. The maximum atomic E-state index is 5.96. The number of benzene rings is 1. The van der Waals surface area contributed by atoms with E-state index in [1.807, 2.05) is 0 Å². The lowest BCUT2D eigenvalue weighted by atomic mass is 10.1. The molecule has 1 N–H and O–H groups in total. The highest BCUT2D eigenvalue weighted by molar-refractivity contribution is 5.36. The van der Waals surface area contributed by atoms with Gasteiger partial charge in [0, 0.05) is 12.1 Å². The molecule has 0 saturated carbocycles. The van der Waals surface area contributed by atoms with E-state index in [4.69, 9.17) is 4.74 Å². The molecule has 2 nitrogen and oxygen atoms in total. The predicted molar refractivity (Wildman–Crippen MR) is 87.4 cm³/mol. The fourth-order valence-electron chi connectivity index (χ4n) is 2.31. The number of ether oxygens (including phenoxy) is 1. The van der Waals surface area contributed by atoms with Crippen LogP contribution in [0.4, 0.5) is 0 Å². The third kappa shape index (κ3) is 6.95. The van der Waals surface area contributed by atoms with Gasteiger partial charge in [-0.05, 0) is 26.0 Å². The van der Waals surface area contributed by atoms with Gasteiger partial charge in [0.2, 0.25) is 0 Å². The lowest BCUT2D eigenvalue weighted by Gasteiger charge is -2.12. The molecular formula is C18H31NO. The van der Waals surface area contributed by atoms with Crippen molar-refractivity contribution in [1.82, 2.24) is 5.32 Å². The van der Waals surface area contributed by atoms with Gasteiger partial charge in [0.15, 0.2) is 0 Å². The molecule has 0 aliphatic heterocycles. The standard InChI is InChI=1S/C18H31NO/c1-4-6-7-8-9-10-13-20-18-12-11-16(3)14-17(18)15-19-5-2/h11-12,14,19H,4-10,13,15H2,1-3H3. The molecule has 0 radical (unpaired) electrons. The molecule has 1 aromatic rings. The van der Waals surface area contributed by atoms with Crippen molar-refractivity contribution in [3.8, 4) is 5.75 Å². The number of hydrogen-bond acceptors (Lipinski definition) is 2. The molecule has 0 bridgehead atoms. The molecule has 0 aliphatic carbocycles. The Balaban J connectivity index is 2.31. The van der Waals surface area contributed by atoms with Gasteiger partial charge in [-0.25, -0.2) is 0 Å². The van der Waals surface area contributed by atoms with E-state index in [1.54, 1.807) is 0 Å². The van der Waals surface area contributed by atoms with Crippen LogP contribution < -0.4 is 10.1 Å². The van der Waals surface area contributed by atoms with Crippen molar-refractivity contribution in [3.05, 3.63) is 29.3 Å². The second-order valence-corrected chi connectivity index (χ2v) is 5.51. The Morgan fingerprint density at radius 1 is 1.00 bits per heavy atom. The third-order valence-electron chi connectivity index (χ3n) is 3.54. The fraction of sp³-hybridized carbons (Fsp3) is 0.667. The van der Waals surface area contributed by atoms with Crippen molar-refractivity contribution < 1.29 is 4.74 Å². The number of rotatable bonds is 11. The number of hydrogen-bond donors (Lipinski definition) is 1. The molecule has 1 rings (SSSR count).